The molecule has 6 heteroatoms. The van der Waals surface area contributed by atoms with Crippen molar-refractivity contribution in [2.75, 3.05) is 5.32 Å². The number of carbonyl (C=O) groups excluding carboxylic acids is 1. The first kappa shape index (κ1) is 13.7. The van der Waals surface area contributed by atoms with Crippen LogP contribution >= 0.6 is 0 Å². The number of nitrogens with zero attached hydrogens (tertiary/aromatic N) is 1. The number of aromatic nitrogens is 2. The van der Waals surface area contributed by atoms with E-state index < -0.39 is 11.6 Å². The lowest BCUT2D eigenvalue weighted by Crippen LogP contribution is -2.28. The van der Waals surface area contributed by atoms with E-state index in [1.807, 2.05) is 6.92 Å². The normalized spacial score (nSPS) is 17.4. The van der Waals surface area contributed by atoms with Gasteiger partial charge in [0, 0.05) is 29.8 Å². The number of amides is 1. The van der Waals surface area contributed by atoms with E-state index in [9.17, 15) is 13.6 Å². The summed E-state index contributed by atoms with van der Waals surface area (Å²) < 4.78 is 26.0. The Balaban J connectivity index is 1.70. The van der Waals surface area contributed by atoms with Crippen molar-refractivity contribution in [1.82, 2.24) is 9.97 Å². The minimum atomic E-state index is -0.970. The Labute approximate surface area is 120 Å². The van der Waals surface area contributed by atoms with Gasteiger partial charge in [-0.15, -0.1) is 0 Å². The monoisotopic (exact) mass is 291 g/mol. The summed E-state index contributed by atoms with van der Waals surface area (Å²) in [6.07, 6.45) is 2.04. The molecule has 1 aromatic carbocycles. The number of rotatable bonds is 2. The quantitative estimate of drug-likeness (QED) is 0.894. The third-order valence-electron chi connectivity index (χ3n) is 3.72. The summed E-state index contributed by atoms with van der Waals surface area (Å²) in [4.78, 5) is 19.8. The molecule has 1 aliphatic carbocycles. The Morgan fingerprint density at radius 1 is 1.38 bits per heavy atom. The average molecular weight is 291 g/mol. The Morgan fingerprint density at radius 2 is 2.19 bits per heavy atom. The molecular formula is C15H15F2N3O. The highest BCUT2D eigenvalue weighted by molar-refractivity contribution is 5.92. The van der Waals surface area contributed by atoms with Crippen molar-refractivity contribution in [2.45, 2.75) is 26.2 Å². The van der Waals surface area contributed by atoms with Crippen LogP contribution < -0.4 is 5.32 Å². The lowest BCUT2D eigenvalue weighted by molar-refractivity contribution is -0.120. The number of nitrogens with one attached hydrogen (secondary N) is 2. The first-order valence-electron chi connectivity index (χ1n) is 6.83. The highest BCUT2D eigenvalue weighted by atomic mass is 19.2. The van der Waals surface area contributed by atoms with Gasteiger partial charge in [-0.3, -0.25) is 4.79 Å². The molecule has 1 heterocycles. The summed E-state index contributed by atoms with van der Waals surface area (Å²) in [7, 11) is 0. The van der Waals surface area contributed by atoms with E-state index in [0.717, 1.165) is 35.8 Å². The third-order valence-corrected chi connectivity index (χ3v) is 3.72. The van der Waals surface area contributed by atoms with Crippen LogP contribution in [0.4, 0.5) is 14.5 Å². The van der Waals surface area contributed by atoms with Crippen LogP contribution in [-0.4, -0.2) is 15.9 Å². The van der Waals surface area contributed by atoms with Crippen LogP contribution in [0.3, 0.4) is 0 Å². The van der Waals surface area contributed by atoms with Gasteiger partial charge in [-0.2, -0.15) is 0 Å². The highest BCUT2D eigenvalue weighted by Crippen LogP contribution is 2.25. The van der Waals surface area contributed by atoms with Gasteiger partial charge in [0.15, 0.2) is 11.6 Å². The number of halogens is 2. The maximum absolute atomic E-state index is 13.1. The molecule has 1 aliphatic rings. The van der Waals surface area contributed by atoms with Gasteiger partial charge in [0.25, 0.3) is 0 Å². The van der Waals surface area contributed by atoms with Crippen LogP contribution in [0.2, 0.25) is 0 Å². The fraction of sp³-hybridized carbons (Fsp3) is 0.333. The highest BCUT2D eigenvalue weighted by Gasteiger charge is 2.27. The molecule has 0 aliphatic heterocycles. The van der Waals surface area contributed by atoms with Crippen molar-refractivity contribution < 1.29 is 13.6 Å². The molecule has 0 saturated heterocycles. The predicted octanol–water partition coefficient (Wildman–Crippen LogP) is 2.74. The molecule has 0 radical (unpaired) electrons. The van der Waals surface area contributed by atoms with E-state index in [1.165, 1.54) is 6.07 Å². The SMILES string of the molecule is Cc1nc2c([nH]1)CC(C(=O)Nc1ccc(F)c(F)c1)CC2. The smallest absolute Gasteiger partial charge is 0.227 e. The lowest BCUT2D eigenvalue weighted by Gasteiger charge is -2.20. The number of hydrogen-bond acceptors (Lipinski definition) is 2. The van der Waals surface area contributed by atoms with Gasteiger partial charge in [0.05, 0.1) is 5.69 Å². The summed E-state index contributed by atoms with van der Waals surface area (Å²) in [5.41, 5.74) is 2.28. The molecule has 21 heavy (non-hydrogen) atoms. The van der Waals surface area contributed by atoms with Crippen molar-refractivity contribution in [2.24, 2.45) is 5.92 Å². The number of benzene rings is 1. The van der Waals surface area contributed by atoms with E-state index in [-0.39, 0.29) is 17.5 Å². The zero-order chi connectivity index (χ0) is 15.0. The van der Waals surface area contributed by atoms with E-state index >= 15 is 0 Å². The molecule has 110 valence electrons. The van der Waals surface area contributed by atoms with Crippen molar-refractivity contribution >= 4 is 11.6 Å². The number of anilines is 1. The Bertz CT molecular complexity index is 696. The van der Waals surface area contributed by atoms with E-state index in [4.69, 9.17) is 0 Å². The Hall–Kier alpha value is -2.24. The van der Waals surface area contributed by atoms with Crippen molar-refractivity contribution in [3.8, 4) is 0 Å². The number of hydrogen-bond donors (Lipinski definition) is 2. The average Bonchev–Trinajstić information content (AvgIpc) is 2.82. The molecule has 1 unspecified atom stereocenters. The van der Waals surface area contributed by atoms with E-state index in [1.54, 1.807) is 0 Å². The standard InChI is InChI=1S/C15H15F2N3O/c1-8-18-13-5-2-9(6-14(13)19-8)15(21)20-10-3-4-11(16)12(17)7-10/h3-4,7,9H,2,5-6H2,1H3,(H,18,19)(H,20,21). The number of carbonyl (C=O) groups is 1. The minimum Gasteiger partial charge on any atom is -0.346 e. The topological polar surface area (TPSA) is 57.8 Å². The molecule has 1 amide bonds. The summed E-state index contributed by atoms with van der Waals surface area (Å²) in [5, 5.41) is 2.64. The summed E-state index contributed by atoms with van der Waals surface area (Å²) in [6.45, 7) is 1.88. The van der Waals surface area contributed by atoms with Gasteiger partial charge in [0.2, 0.25) is 5.91 Å². The molecule has 2 aromatic rings. The molecule has 0 fully saturated rings. The van der Waals surface area contributed by atoms with Crippen molar-refractivity contribution in [3.63, 3.8) is 0 Å². The van der Waals surface area contributed by atoms with Crippen LogP contribution in [0, 0.1) is 24.5 Å². The van der Waals surface area contributed by atoms with Gasteiger partial charge in [-0.1, -0.05) is 0 Å². The van der Waals surface area contributed by atoms with E-state index in [2.05, 4.69) is 15.3 Å². The summed E-state index contributed by atoms with van der Waals surface area (Å²) in [5.74, 6) is -1.42. The second kappa shape index (κ2) is 5.27. The summed E-state index contributed by atoms with van der Waals surface area (Å²) in [6, 6.07) is 3.34. The Kier molecular flexibility index (Phi) is 3.45. The zero-order valence-electron chi connectivity index (χ0n) is 11.5. The number of H-pyrrole nitrogens is 1. The van der Waals surface area contributed by atoms with Gasteiger partial charge in [-0.25, -0.2) is 13.8 Å². The third kappa shape index (κ3) is 2.79. The van der Waals surface area contributed by atoms with Gasteiger partial charge in [0.1, 0.15) is 5.82 Å². The van der Waals surface area contributed by atoms with Crippen molar-refractivity contribution in [3.05, 3.63) is 47.0 Å². The van der Waals surface area contributed by atoms with Gasteiger partial charge in [-0.05, 0) is 31.9 Å². The van der Waals surface area contributed by atoms with Crippen molar-refractivity contribution in [1.29, 1.82) is 0 Å². The van der Waals surface area contributed by atoms with E-state index in [0.29, 0.717) is 12.8 Å². The lowest BCUT2D eigenvalue weighted by atomic mass is 9.89. The second-order valence-electron chi connectivity index (χ2n) is 5.31. The van der Waals surface area contributed by atoms with Crippen LogP contribution in [0.15, 0.2) is 18.2 Å². The summed E-state index contributed by atoms with van der Waals surface area (Å²) >= 11 is 0. The Morgan fingerprint density at radius 3 is 2.95 bits per heavy atom. The minimum absolute atomic E-state index is 0.182. The van der Waals surface area contributed by atoms with Crippen LogP contribution in [0.1, 0.15) is 23.6 Å². The molecule has 0 saturated carbocycles. The molecular weight excluding hydrogens is 276 g/mol. The number of imidazole rings is 1. The molecule has 1 aromatic heterocycles. The van der Waals surface area contributed by atoms with Crippen LogP contribution in [0.5, 0.6) is 0 Å². The number of aromatic amines is 1. The van der Waals surface area contributed by atoms with Crippen LogP contribution in [0.25, 0.3) is 0 Å². The number of aryl methyl sites for hydroxylation is 2. The fourth-order valence-electron chi connectivity index (χ4n) is 2.67. The molecule has 2 N–H and O–H groups in total. The van der Waals surface area contributed by atoms with Crippen LogP contribution in [-0.2, 0) is 17.6 Å². The zero-order valence-corrected chi connectivity index (χ0v) is 11.5. The maximum atomic E-state index is 13.1. The predicted molar refractivity (Wildman–Crippen MR) is 73.8 cm³/mol. The largest absolute Gasteiger partial charge is 0.346 e. The molecule has 1 atom stereocenters. The van der Waals surface area contributed by atoms with Gasteiger partial charge >= 0.3 is 0 Å². The fourth-order valence-corrected chi connectivity index (χ4v) is 2.67. The first-order chi connectivity index (χ1) is 10.0. The first-order valence-corrected chi connectivity index (χ1v) is 6.83. The second-order valence-corrected chi connectivity index (χ2v) is 5.31. The molecule has 3 rings (SSSR count). The number of fused-ring (bicyclic) bond motifs is 1. The molecule has 0 bridgehead atoms. The molecule has 4 nitrogen and oxygen atoms in total. The van der Waals surface area contributed by atoms with Gasteiger partial charge < -0.3 is 10.3 Å². The maximum Gasteiger partial charge on any atom is 0.227 e. The molecule has 0 spiro atoms.